The van der Waals surface area contributed by atoms with E-state index >= 15 is 0 Å². The van der Waals surface area contributed by atoms with E-state index < -0.39 is 0 Å². The zero-order valence-electron chi connectivity index (χ0n) is 21.3. The lowest BCUT2D eigenvalue weighted by Crippen LogP contribution is -2.14. The molecule has 2 aromatic heterocycles. The number of anilines is 1. The topological polar surface area (TPSA) is 99.0 Å². The van der Waals surface area contributed by atoms with Crippen molar-refractivity contribution in [3.63, 3.8) is 0 Å². The highest BCUT2D eigenvalue weighted by atomic mass is 32.2. The molecule has 0 saturated heterocycles. The number of esters is 1. The molecule has 5 aromatic rings. The second kappa shape index (κ2) is 12.5. The molecule has 0 radical (unpaired) electrons. The third-order valence-corrected chi connectivity index (χ3v) is 8.45. The Balaban J connectivity index is 1.27. The molecule has 1 amide bonds. The first-order valence-electron chi connectivity index (χ1n) is 12.2. The van der Waals surface area contributed by atoms with Crippen molar-refractivity contribution >= 4 is 62.1 Å². The molecule has 0 spiro atoms. The van der Waals surface area contributed by atoms with Gasteiger partial charge in [-0.15, -0.1) is 22.0 Å². The number of nitrogens with one attached hydrogen (secondary N) is 1. The molecule has 0 aliphatic carbocycles. The van der Waals surface area contributed by atoms with Gasteiger partial charge < -0.3 is 10.1 Å². The Kier molecular flexibility index (Phi) is 8.60. The van der Waals surface area contributed by atoms with Gasteiger partial charge in [0.1, 0.15) is 5.82 Å². The quantitative estimate of drug-likeness (QED) is 0.151. The monoisotopic (exact) mass is 575 g/mol. The van der Waals surface area contributed by atoms with Crippen LogP contribution in [0, 0.1) is 6.92 Å². The van der Waals surface area contributed by atoms with Gasteiger partial charge in [0.2, 0.25) is 5.91 Å². The molecule has 0 aliphatic rings. The van der Waals surface area contributed by atoms with E-state index in [2.05, 4.69) is 51.7 Å². The summed E-state index contributed by atoms with van der Waals surface area (Å²) < 4.78 is 7.85. The Bertz CT molecular complexity index is 1600. The number of rotatable bonds is 10. The maximum atomic E-state index is 12.8. The molecule has 0 bridgehead atoms. The minimum atomic E-state index is -0.381. The Labute approximate surface area is 238 Å². The number of benzene rings is 3. The van der Waals surface area contributed by atoms with Gasteiger partial charge in [0.05, 0.1) is 33.9 Å². The van der Waals surface area contributed by atoms with Crippen molar-refractivity contribution in [2.24, 2.45) is 0 Å². The van der Waals surface area contributed by atoms with Gasteiger partial charge in [-0.05, 0) is 56.3 Å². The summed E-state index contributed by atoms with van der Waals surface area (Å²) >= 11 is 4.32. The molecule has 198 valence electrons. The molecule has 0 unspecified atom stereocenters. The van der Waals surface area contributed by atoms with Crippen LogP contribution in [0.3, 0.4) is 0 Å². The number of hydrogen-bond donors (Lipinski definition) is 1. The number of para-hydroxylation sites is 1. The van der Waals surface area contributed by atoms with Crippen molar-refractivity contribution in [2.75, 3.05) is 17.7 Å². The molecule has 2 heterocycles. The maximum Gasteiger partial charge on any atom is 0.338 e. The number of carbonyl (C=O) groups excluding carboxylic acids is 2. The fourth-order valence-electron chi connectivity index (χ4n) is 3.71. The molecule has 39 heavy (non-hydrogen) atoms. The number of fused-ring (bicyclic) bond motifs is 1. The summed E-state index contributed by atoms with van der Waals surface area (Å²) in [6, 6.07) is 23.4. The van der Waals surface area contributed by atoms with Crippen LogP contribution in [0.5, 0.6) is 0 Å². The predicted molar refractivity (Wildman–Crippen MR) is 157 cm³/mol. The van der Waals surface area contributed by atoms with E-state index in [0.717, 1.165) is 21.1 Å². The highest BCUT2D eigenvalue weighted by Crippen LogP contribution is 2.29. The molecular formula is C28H25N5O3S3. The summed E-state index contributed by atoms with van der Waals surface area (Å²) in [5.74, 6) is 0.993. The number of amides is 1. The van der Waals surface area contributed by atoms with E-state index in [0.29, 0.717) is 33.7 Å². The van der Waals surface area contributed by atoms with Crippen LogP contribution < -0.4 is 5.32 Å². The Hall–Kier alpha value is -3.67. The molecule has 11 heteroatoms. The zero-order chi connectivity index (χ0) is 27.2. The van der Waals surface area contributed by atoms with Gasteiger partial charge in [-0.1, -0.05) is 59.0 Å². The first-order chi connectivity index (χ1) is 19.0. The minimum absolute atomic E-state index is 0.139. The van der Waals surface area contributed by atoms with Gasteiger partial charge in [0, 0.05) is 10.6 Å². The summed E-state index contributed by atoms with van der Waals surface area (Å²) in [4.78, 5) is 30.5. The number of carbonyl (C=O) groups is 2. The van der Waals surface area contributed by atoms with Gasteiger partial charge in [-0.3, -0.25) is 9.36 Å². The normalized spacial score (nSPS) is 11.0. The van der Waals surface area contributed by atoms with E-state index in [9.17, 15) is 9.59 Å². The number of aryl methyl sites for hydroxylation is 1. The highest BCUT2D eigenvalue weighted by molar-refractivity contribution is 7.99. The average molecular weight is 576 g/mol. The average Bonchev–Trinajstić information content (AvgIpc) is 3.55. The van der Waals surface area contributed by atoms with E-state index in [1.165, 1.54) is 28.7 Å². The summed E-state index contributed by atoms with van der Waals surface area (Å²) in [5, 5.41) is 12.8. The predicted octanol–water partition coefficient (Wildman–Crippen LogP) is 6.39. The van der Waals surface area contributed by atoms with Crippen LogP contribution in [0.4, 0.5) is 5.13 Å². The van der Waals surface area contributed by atoms with Crippen molar-refractivity contribution in [3.05, 3.63) is 89.7 Å². The van der Waals surface area contributed by atoms with Crippen molar-refractivity contribution in [3.8, 4) is 5.69 Å². The number of ether oxygens (including phenoxy) is 1. The summed E-state index contributed by atoms with van der Waals surface area (Å²) in [6.07, 6.45) is 0. The van der Waals surface area contributed by atoms with Crippen molar-refractivity contribution in [1.29, 1.82) is 0 Å². The van der Waals surface area contributed by atoms with Gasteiger partial charge in [-0.25, -0.2) is 9.78 Å². The molecule has 0 atom stereocenters. The van der Waals surface area contributed by atoms with Crippen LogP contribution in [-0.4, -0.2) is 44.0 Å². The standard InChI is InChI=1S/C28H25N5O3S3/c1-3-36-26(35)19-11-14-22-23(15-19)39-27(29-22)30-25(34)17-38-28-32-31-24(33(28)20-7-5-4-6-8-20)16-37-21-12-9-18(2)10-13-21/h4-15H,3,16-17H2,1-2H3,(H,29,30,34). The number of thiazole rings is 1. The first-order valence-corrected chi connectivity index (χ1v) is 15.0. The van der Waals surface area contributed by atoms with Crippen LogP contribution in [0.15, 0.2) is 82.8 Å². The van der Waals surface area contributed by atoms with Crippen LogP contribution in [0.25, 0.3) is 15.9 Å². The number of thioether (sulfide) groups is 2. The van der Waals surface area contributed by atoms with Crippen LogP contribution >= 0.6 is 34.9 Å². The maximum absolute atomic E-state index is 12.8. The van der Waals surface area contributed by atoms with Crippen LogP contribution in [-0.2, 0) is 15.3 Å². The third-order valence-electron chi connectivity index (χ3n) is 5.58. The number of aromatic nitrogens is 4. The second-order valence-electron chi connectivity index (χ2n) is 8.43. The number of hydrogen-bond acceptors (Lipinski definition) is 9. The first kappa shape index (κ1) is 26.9. The van der Waals surface area contributed by atoms with E-state index in [1.807, 2.05) is 34.9 Å². The summed E-state index contributed by atoms with van der Waals surface area (Å²) in [5.41, 5.74) is 3.32. The van der Waals surface area contributed by atoms with Gasteiger partial charge in [0.15, 0.2) is 10.3 Å². The lowest BCUT2D eigenvalue weighted by atomic mass is 10.2. The SMILES string of the molecule is CCOC(=O)c1ccc2nc(NC(=O)CSc3nnc(CSc4ccc(C)cc4)n3-c3ccccc3)sc2c1. The molecular weight excluding hydrogens is 551 g/mol. The fraction of sp³-hybridized carbons (Fsp3) is 0.179. The molecule has 0 saturated carbocycles. The van der Waals surface area contributed by atoms with E-state index in [4.69, 9.17) is 4.74 Å². The van der Waals surface area contributed by atoms with Gasteiger partial charge in [-0.2, -0.15) is 0 Å². The molecule has 5 rings (SSSR count). The highest BCUT2D eigenvalue weighted by Gasteiger charge is 2.17. The summed E-state index contributed by atoms with van der Waals surface area (Å²) in [7, 11) is 0. The van der Waals surface area contributed by atoms with Crippen molar-refractivity contribution in [2.45, 2.75) is 29.7 Å². The fourth-order valence-corrected chi connectivity index (χ4v) is 6.21. The molecule has 8 nitrogen and oxygen atoms in total. The van der Waals surface area contributed by atoms with E-state index in [1.54, 1.807) is 36.9 Å². The van der Waals surface area contributed by atoms with Crippen LogP contribution in [0.2, 0.25) is 0 Å². The van der Waals surface area contributed by atoms with E-state index in [-0.39, 0.29) is 17.6 Å². The molecule has 1 N–H and O–H groups in total. The lowest BCUT2D eigenvalue weighted by molar-refractivity contribution is -0.113. The Morgan fingerprint density at radius 1 is 1.00 bits per heavy atom. The Morgan fingerprint density at radius 2 is 1.79 bits per heavy atom. The van der Waals surface area contributed by atoms with Crippen molar-refractivity contribution in [1.82, 2.24) is 19.7 Å². The lowest BCUT2D eigenvalue weighted by Gasteiger charge is -2.10. The molecule has 0 aliphatic heterocycles. The second-order valence-corrected chi connectivity index (χ2v) is 11.5. The van der Waals surface area contributed by atoms with Crippen LogP contribution in [0.1, 0.15) is 28.7 Å². The van der Waals surface area contributed by atoms with Crippen molar-refractivity contribution < 1.29 is 14.3 Å². The third kappa shape index (κ3) is 6.67. The minimum Gasteiger partial charge on any atom is -0.462 e. The van der Waals surface area contributed by atoms with Gasteiger partial charge >= 0.3 is 5.97 Å². The smallest absolute Gasteiger partial charge is 0.338 e. The molecule has 3 aromatic carbocycles. The zero-order valence-corrected chi connectivity index (χ0v) is 23.7. The molecule has 0 fully saturated rings. The largest absolute Gasteiger partial charge is 0.462 e. The Morgan fingerprint density at radius 3 is 2.56 bits per heavy atom. The number of nitrogens with zero attached hydrogens (tertiary/aromatic N) is 4. The summed E-state index contributed by atoms with van der Waals surface area (Å²) in [6.45, 7) is 4.14. The van der Waals surface area contributed by atoms with Gasteiger partial charge in [0.25, 0.3) is 0 Å².